The highest BCUT2D eigenvalue weighted by molar-refractivity contribution is 5.91. The van der Waals surface area contributed by atoms with E-state index in [-0.39, 0.29) is 12.1 Å². The Morgan fingerprint density at radius 2 is 2.20 bits per heavy atom. The summed E-state index contributed by atoms with van der Waals surface area (Å²) in [5, 5.41) is 10.0. The zero-order valence-electron chi connectivity index (χ0n) is 13.6. The Bertz CT molecular complexity index is 942. The van der Waals surface area contributed by atoms with E-state index >= 15 is 0 Å². The molecule has 25 heavy (non-hydrogen) atoms. The molecule has 0 bridgehead atoms. The number of oxazole rings is 1. The monoisotopic (exact) mass is 338 g/mol. The standard InChI is InChI=1S/C17H18N6O2/c24-17(21-12-4-6-15-18-9-19-23(15)8-12)20-11-3-5-13-14(7-11)25-16(22-13)10-1-2-10/h3,5,7,9-10,12H,1-2,4,6,8H2,(H2,20,21,24)/t12-/m1/s1. The predicted molar refractivity (Wildman–Crippen MR) is 90.3 cm³/mol. The molecule has 0 saturated heterocycles. The van der Waals surface area contributed by atoms with E-state index < -0.39 is 0 Å². The molecule has 3 aromatic rings. The second-order valence-corrected chi connectivity index (χ2v) is 6.70. The normalized spacial score (nSPS) is 19.6. The van der Waals surface area contributed by atoms with Crippen molar-refractivity contribution in [3.05, 3.63) is 36.2 Å². The van der Waals surface area contributed by atoms with Crippen molar-refractivity contribution in [3.63, 3.8) is 0 Å². The van der Waals surface area contributed by atoms with Gasteiger partial charge in [-0.05, 0) is 31.4 Å². The molecule has 8 nitrogen and oxygen atoms in total. The number of anilines is 1. The van der Waals surface area contributed by atoms with Crippen molar-refractivity contribution in [2.45, 2.75) is 44.2 Å². The number of rotatable bonds is 3. The van der Waals surface area contributed by atoms with Crippen molar-refractivity contribution in [3.8, 4) is 0 Å². The van der Waals surface area contributed by atoms with Crippen molar-refractivity contribution in [2.75, 3.05) is 5.32 Å². The van der Waals surface area contributed by atoms with Crippen LogP contribution in [0.15, 0.2) is 28.9 Å². The summed E-state index contributed by atoms with van der Waals surface area (Å²) in [6, 6.07) is 5.36. The minimum Gasteiger partial charge on any atom is -0.440 e. The average Bonchev–Trinajstić information content (AvgIpc) is 3.20. The summed E-state index contributed by atoms with van der Waals surface area (Å²) >= 11 is 0. The Kier molecular flexibility index (Phi) is 3.22. The zero-order valence-corrected chi connectivity index (χ0v) is 13.6. The van der Waals surface area contributed by atoms with E-state index in [0.717, 1.165) is 42.9 Å². The van der Waals surface area contributed by atoms with Gasteiger partial charge in [-0.1, -0.05) is 0 Å². The number of aryl methyl sites for hydroxylation is 1. The molecular weight excluding hydrogens is 320 g/mol. The molecule has 3 heterocycles. The Morgan fingerprint density at radius 3 is 3.08 bits per heavy atom. The van der Waals surface area contributed by atoms with Gasteiger partial charge in [-0.25, -0.2) is 19.4 Å². The molecule has 0 radical (unpaired) electrons. The molecule has 1 aliphatic heterocycles. The second-order valence-electron chi connectivity index (χ2n) is 6.70. The first-order chi connectivity index (χ1) is 12.2. The number of nitrogens with zero attached hydrogens (tertiary/aromatic N) is 4. The number of nitrogens with one attached hydrogen (secondary N) is 2. The topological polar surface area (TPSA) is 97.9 Å². The molecule has 0 unspecified atom stereocenters. The Hall–Kier alpha value is -2.90. The van der Waals surface area contributed by atoms with E-state index in [1.807, 2.05) is 22.9 Å². The Morgan fingerprint density at radius 1 is 1.28 bits per heavy atom. The fraction of sp³-hybridized carbons (Fsp3) is 0.412. The number of amides is 2. The first-order valence-corrected chi connectivity index (χ1v) is 8.59. The molecule has 2 aliphatic rings. The molecule has 1 saturated carbocycles. The molecule has 1 fully saturated rings. The molecule has 128 valence electrons. The number of benzene rings is 1. The van der Waals surface area contributed by atoms with Gasteiger partial charge in [0.15, 0.2) is 11.5 Å². The van der Waals surface area contributed by atoms with Crippen LogP contribution >= 0.6 is 0 Å². The van der Waals surface area contributed by atoms with Crippen LogP contribution in [0.5, 0.6) is 0 Å². The van der Waals surface area contributed by atoms with Gasteiger partial charge in [0.25, 0.3) is 0 Å². The number of hydrogen-bond donors (Lipinski definition) is 2. The third-order valence-corrected chi connectivity index (χ3v) is 4.73. The van der Waals surface area contributed by atoms with Gasteiger partial charge in [-0.3, -0.25) is 0 Å². The van der Waals surface area contributed by atoms with Gasteiger partial charge >= 0.3 is 6.03 Å². The van der Waals surface area contributed by atoms with Gasteiger partial charge in [0.1, 0.15) is 17.7 Å². The lowest BCUT2D eigenvalue weighted by Crippen LogP contribution is -2.43. The zero-order chi connectivity index (χ0) is 16.8. The van der Waals surface area contributed by atoms with E-state index in [0.29, 0.717) is 23.7 Å². The summed E-state index contributed by atoms with van der Waals surface area (Å²) < 4.78 is 7.63. The van der Waals surface area contributed by atoms with E-state index in [4.69, 9.17) is 4.42 Å². The van der Waals surface area contributed by atoms with Crippen molar-refractivity contribution in [2.24, 2.45) is 0 Å². The van der Waals surface area contributed by atoms with Crippen molar-refractivity contribution >= 4 is 22.8 Å². The van der Waals surface area contributed by atoms with Gasteiger partial charge in [-0.2, -0.15) is 5.10 Å². The molecule has 2 amide bonds. The lowest BCUT2D eigenvalue weighted by atomic mass is 10.1. The van der Waals surface area contributed by atoms with Gasteiger partial charge in [-0.15, -0.1) is 0 Å². The van der Waals surface area contributed by atoms with Crippen LogP contribution in [0.2, 0.25) is 0 Å². The summed E-state index contributed by atoms with van der Waals surface area (Å²) in [6.45, 7) is 0.647. The van der Waals surface area contributed by atoms with E-state index in [2.05, 4.69) is 25.7 Å². The van der Waals surface area contributed by atoms with Crippen molar-refractivity contribution < 1.29 is 9.21 Å². The van der Waals surface area contributed by atoms with Gasteiger partial charge in [0, 0.05) is 24.1 Å². The fourth-order valence-corrected chi connectivity index (χ4v) is 3.23. The van der Waals surface area contributed by atoms with E-state index in [9.17, 15) is 4.79 Å². The van der Waals surface area contributed by atoms with Gasteiger partial charge in [0.05, 0.1) is 12.6 Å². The minimum absolute atomic E-state index is 0.0460. The highest BCUT2D eigenvalue weighted by Crippen LogP contribution is 2.40. The Labute approximate surface area is 143 Å². The summed E-state index contributed by atoms with van der Waals surface area (Å²) in [5.41, 5.74) is 2.24. The molecule has 1 aliphatic carbocycles. The quantitative estimate of drug-likeness (QED) is 0.764. The smallest absolute Gasteiger partial charge is 0.319 e. The van der Waals surface area contributed by atoms with E-state index in [1.165, 1.54) is 0 Å². The molecule has 8 heteroatoms. The number of hydrogen-bond acceptors (Lipinski definition) is 5. The second kappa shape index (κ2) is 5.58. The van der Waals surface area contributed by atoms with Crippen LogP contribution in [0.4, 0.5) is 10.5 Å². The highest BCUT2D eigenvalue weighted by Gasteiger charge is 2.29. The molecule has 5 rings (SSSR count). The lowest BCUT2D eigenvalue weighted by Gasteiger charge is -2.23. The molecule has 2 aromatic heterocycles. The van der Waals surface area contributed by atoms with Gasteiger partial charge in [0.2, 0.25) is 0 Å². The fourth-order valence-electron chi connectivity index (χ4n) is 3.23. The minimum atomic E-state index is -0.227. The number of carbonyl (C=O) groups is 1. The molecule has 2 N–H and O–H groups in total. The first-order valence-electron chi connectivity index (χ1n) is 8.59. The number of fused-ring (bicyclic) bond motifs is 2. The summed E-state index contributed by atoms with van der Waals surface area (Å²) in [4.78, 5) is 21.0. The maximum atomic E-state index is 12.3. The van der Waals surface area contributed by atoms with Crippen molar-refractivity contribution in [1.29, 1.82) is 0 Å². The Balaban J connectivity index is 1.25. The van der Waals surface area contributed by atoms with Gasteiger partial charge < -0.3 is 15.1 Å². The molecule has 1 aromatic carbocycles. The summed E-state index contributed by atoms with van der Waals surface area (Å²) in [7, 11) is 0. The summed E-state index contributed by atoms with van der Waals surface area (Å²) in [6.07, 6.45) is 5.53. The van der Waals surface area contributed by atoms with Crippen LogP contribution < -0.4 is 10.6 Å². The van der Waals surface area contributed by atoms with Crippen LogP contribution in [0, 0.1) is 0 Å². The maximum Gasteiger partial charge on any atom is 0.319 e. The number of carbonyl (C=O) groups excluding carboxylic acids is 1. The predicted octanol–water partition coefficient (Wildman–Crippen LogP) is 2.43. The average molecular weight is 338 g/mol. The third-order valence-electron chi connectivity index (χ3n) is 4.73. The van der Waals surface area contributed by atoms with E-state index in [1.54, 1.807) is 6.33 Å². The maximum absolute atomic E-state index is 12.3. The molecular formula is C17H18N6O2. The third kappa shape index (κ3) is 2.84. The molecule has 1 atom stereocenters. The highest BCUT2D eigenvalue weighted by atomic mass is 16.3. The molecule has 0 spiro atoms. The number of aromatic nitrogens is 4. The number of urea groups is 1. The first kappa shape index (κ1) is 14.4. The van der Waals surface area contributed by atoms with Crippen LogP contribution in [0.25, 0.3) is 11.1 Å². The SMILES string of the molecule is O=C(Nc1ccc2nc(C3CC3)oc2c1)N[C@@H]1CCc2ncnn2C1. The van der Waals surface area contributed by atoms with Crippen LogP contribution in [-0.4, -0.2) is 31.8 Å². The largest absolute Gasteiger partial charge is 0.440 e. The lowest BCUT2D eigenvalue weighted by molar-refractivity contribution is 0.243. The van der Waals surface area contributed by atoms with Crippen LogP contribution in [0.3, 0.4) is 0 Å². The van der Waals surface area contributed by atoms with Crippen molar-refractivity contribution in [1.82, 2.24) is 25.1 Å². The van der Waals surface area contributed by atoms with Crippen LogP contribution in [0.1, 0.15) is 36.9 Å². The van der Waals surface area contributed by atoms with Crippen LogP contribution in [-0.2, 0) is 13.0 Å². The summed E-state index contributed by atoms with van der Waals surface area (Å²) in [5.74, 6) is 2.25.